The third-order valence-corrected chi connectivity index (χ3v) is 5.69. The molecule has 3 heterocycles. The van der Waals surface area contributed by atoms with Gasteiger partial charge in [-0.1, -0.05) is 52.7 Å². The van der Waals surface area contributed by atoms with E-state index >= 15 is 0 Å². The van der Waals surface area contributed by atoms with E-state index in [1.165, 1.54) is 11.3 Å². The molecule has 0 radical (unpaired) electrons. The van der Waals surface area contributed by atoms with Crippen molar-refractivity contribution in [2.45, 2.75) is 6.92 Å². The third kappa shape index (κ3) is 2.34. The van der Waals surface area contributed by atoms with Crippen LogP contribution in [0.3, 0.4) is 0 Å². The number of halogens is 2. The fraction of sp³-hybridized carbons (Fsp3) is 0.0556. The molecule has 0 N–H and O–H groups in total. The molecule has 0 aliphatic rings. The molecular weight excluding hydrogens is 391 g/mol. The maximum Gasteiger partial charge on any atom is 0.235 e. The molecule has 5 aromatic rings. The molecule has 128 valence electrons. The number of aromatic nitrogens is 4. The lowest BCUT2D eigenvalue weighted by Gasteiger charge is -2.00. The van der Waals surface area contributed by atoms with Gasteiger partial charge in [0.05, 0.1) is 5.02 Å². The first-order chi connectivity index (χ1) is 12.6. The van der Waals surface area contributed by atoms with E-state index in [0.717, 1.165) is 27.1 Å². The minimum absolute atomic E-state index is 0.564. The van der Waals surface area contributed by atoms with Crippen molar-refractivity contribution in [3.8, 4) is 22.2 Å². The van der Waals surface area contributed by atoms with E-state index in [4.69, 9.17) is 27.6 Å². The maximum atomic E-state index is 6.30. The summed E-state index contributed by atoms with van der Waals surface area (Å²) in [4.78, 5) is 0.658. The molecule has 8 heteroatoms. The predicted molar refractivity (Wildman–Crippen MR) is 104 cm³/mol. The van der Waals surface area contributed by atoms with Gasteiger partial charge in [0.2, 0.25) is 10.8 Å². The van der Waals surface area contributed by atoms with Gasteiger partial charge in [-0.3, -0.25) is 0 Å². The molecule has 5 nitrogen and oxygen atoms in total. The highest BCUT2D eigenvalue weighted by molar-refractivity contribution is 7.19. The van der Waals surface area contributed by atoms with Crippen LogP contribution in [-0.4, -0.2) is 19.8 Å². The van der Waals surface area contributed by atoms with Gasteiger partial charge in [0.15, 0.2) is 5.76 Å². The van der Waals surface area contributed by atoms with Crippen LogP contribution in [0.25, 0.3) is 38.1 Å². The summed E-state index contributed by atoms with van der Waals surface area (Å²) in [5.41, 5.74) is 2.58. The Morgan fingerprint density at radius 2 is 1.92 bits per heavy atom. The number of rotatable bonds is 2. The molecule has 0 fully saturated rings. The Labute approximate surface area is 161 Å². The van der Waals surface area contributed by atoms with Crippen molar-refractivity contribution in [2.24, 2.45) is 0 Å². The summed E-state index contributed by atoms with van der Waals surface area (Å²) in [6, 6.07) is 13.2. The molecule has 5 rings (SSSR count). The molecule has 2 aromatic carbocycles. The van der Waals surface area contributed by atoms with Crippen LogP contribution in [0.15, 0.2) is 46.9 Å². The van der Waals surface area contributed by atoms with E-state index in [1.807, 2.05) is 31.2 Å². The molecule has 0 unspecified atom stereocenters. The SMILES string of the molecule is Cc1c(-c2nnc3sc(-c4cc(Cl)ccc4Cl)nn23)oc2ccccc12. The highest BCUT2D eigenvalue weighted by atomic mass is 35.5. The summed E-state index contributed by atoms with van der Waals surface area (Å²) in [7, 11) is 0. The van der Waals surface area contributed by atoms with Gasteiger partial charge in [0, 0.05) is 21.5 Å². The van der Waals surface area contributed by atoms with E-state index < -0.39 is 0 Å². The average Bonchev–Trinajstić information content (AvgIpc) is 3.30. The maximum absolute atomic E-state index is 6.30. The van der Waals surface area contributed by atoms with Crippen molar-refractivity contribution in [1.82, 2.24) is 19.8 Å². The van der Waals surface area contributed by atoms with Gasteiger partial charge in [-0.15, -0.1) is 10.2 Å². The molecule has 0 bridgehead atoms. The number of furan rings is 1. The number of aryl methyl sites for hydroxylation is 1. The van der Waals surface area contributed by atoms with Crippen molar-refractivity contribution in [2.75, 3.05) is 0 Å². The zero-order valence-electron chi connectivity index (χ0n) is 13.4. The minimum atomic E-state index is 0.564. The van der Waals surface area contributed by atoms with Crippen molar-refractivity contribution in [3.05, 3.63) is 58.1 Å². The van der Waals surface area contributed by atoms with Crippen molar-refractivity contribution in [1.29, 1.82) is 0 Å². The Hall–Kier alpha value is -2.41. The van der Waals surface area contributed by atoms with E-state index in [1.54, 1.807) is 22.7 Å². The number of nitrogens with zero attached hydrogens (tertiary/aromatic N) is 4. The van der Waals surface area contributed by atoms with Gasteiger partial charge < -0.3 is 4.42 Å². The first-order valence-corrected chi connectivity index (χ1v) is 9.35. The van der Waals surface area contributed by atoms with Crippen molar-refractivity contribution >= 4 is 50.5 Å². The fourth-order valence-electron chi connectivity index (χ4n) is 2.92. The molecule has 26 heavy (non-hydrogen) atoms. The standard InChI is InChI=1S/C18H10Cl2N4OS/c1-9-11-4-2-3-5-14(11)25-15(9)16-21-22-18-24(16)23-17(26-18)12-8-10(19)6-7-13(12)20/h2-8H,1H3. The first-order valence-electron chi connectivity index (χ1n) is 7.78. The second-order valence-corrected chi connectivity index (χ2v) is 7.60. The van der Waals surface area contributed by atoms with E-state index in [2.05, 4.69) is 15.3 Å². The van der Waals surface area contributed by atoms with Crippen LogP contribution < -0.4 is 0 Å². The molecule has 0 aliphatic carbocycles. The molecular formula is C18H10Cl2N4OS. The monoisotopic (exact) mass is 400 g/mol. The largest absolute Gasteiger partial charge is 0.452 e. The van der Waals surface area contributed by atoms with Crippen LogP contribution in [0.4, 0.5) is 0 Å². The van der Waals surface area contributed by atoms with Crippen molar-refractivity contribution < 1.29 is 4.42 Å². The lowest BCUT2D eigenvalue weighted by atomic mass is 10.1. The Kier molecular flexibility index (Phi) is 3.53. The van der Waals surface area contributed by atoms with E-state index in [-0.39, 0.29) is 0 Å². The van der Waals surface area contributed by atoms with Crippen molar-refractivity contribution in [3.63, 3.8) is 0 Å². The minimum Gasteiger partial charge on any atom is -0.452 e. The summed E-state index contributed by atoms with van der Waals surface area (Å²) >= 11 is 13.8. The highest BCUT2D eigenvalue weighted by Crippen LogP contribution is 2.36. The number of para-hydroxylation sites is 1. The van der Waals surface area contributed by atoms with Crippen LogP contribution >= 0.6 is 34.5 Å². The van der Waals surface area contributed by atoms with Crippen LogP contribution in [0.2, 0.25) is 10.0 Å². The predicted octanol–water partition coefficient (Wildman–Crippen LogP) is 5.88. The van der Waals surface area contributed by atoms with Gasteiger partial charge in [-0.25, -0.2) is 0 Å². The number of hydrogen-bond donors (Lipinski definition) is 0. The van der Waals surface area contributed by atoms with Crippen LogP contribution in [-0.2, 0) is 0 Å². The number of hydrogen-bond acceptors (Lipinski definition) is 5. The molecule has 3 aromatic heterocycles. The molecule has 0 saturated carbocycles. The summed E-state index contributed by atoms with van der Waals surface area (Å²) in [5.74, 6) is 1.22. The smallest absolute Gasteiger partial charge is 0.235 e. The highest BCUT2D eigenvalue weighted by Gasteiger charge is 2.21. The number of fused-ring (bicyclic) bond motifs is 2. The first kappa shape index (κ1) is 15.8. The Bertz CT molecular complexity index is 1290. The molecule has 0 saturated heterocycles. The van der Waals surface area contributed by atoms with Gasteiger partial charge in [0.1, 0.15) is 10.6 Å². The second kappa shape index (κ2) is 5.81. The summed E-state index contributed by atoms with van der Waals surface area (Å²) in [5, 5.41) is 16.1. The van der Waals surface area contributed by atoms with Gasteiger partial charge in [0.25, 0.3) is 0 Å². The molecule has 0 aliphatic heterocycles. The van der Waals surface area contributed by atoms with Gasteiger partial charge >= 0.3 is 0 Å². The Morgan fingerprint density at radius 3 is 2.77 bits per heavy atom. The topological polar surface area (TPSA) is 56.2 Å². The summed E-state index contributed by atoms with van der Waals surface area (Å²) < 4.78 is 7.69. The van der Waals surface area contributed by atoms with Crippen LogP contribution in [0.1, 0.15) is 5.56 Å². The average molecular weight is 401 g/mol. The van der Waals surface area contributed by atoms with Gasteiger partial charge in [-0.05, 0) is 31.2 Å². The summed E-state index contributed by atoms with van der Waals surface area (Å²) in [6.07, 6.45) is 0. The summed E-state index contributed by atoms with van der Waals surface area (Å²) in [6.45, 7) is 2.00. The third-order valence-electron chi connectivity index (χ3n) is 4.20. The zero-order chi connectivity index (χ0) is 17.8. The molecule has 0 amide bonds. The van der Waals surface area contributed by atoms with Crippen LogP contribution in [0, 0.1) is 6.92 Å². The quantitative estimate of drug-likeness (QED) is 0.371. The zero-order valence-corrected chi connectivity index (χ0v) is 15.7. The molecule has 0 spiro atoms. The number of benzene rings is 2. The van der Waals surface area contributed by atoms with Crippen LogP contribution in [0.5, 0.6) is 0 Å². The Balaban J connectivity index is 1.71. The van der Waals surface area contributed by atoms with Gasteiger partial charge in [-0.2, -0.15) is 9.61 Å². The Morgan fingerprint density at radius 1 is 1.08 bits per heavy atom. The molecule has 0 atom stereocenters. The lowest BCUT2D eigenvalue weighted by Crippen LogP contribution is -1.91. The normalized spacial score (nSPS) is 11.7. The lowest BCUT2D eigenvalue weighted by molar-refractivity contribution is 0.619. The van der Waals surface area contributed by atoms with E-state index in [0.29, 0.717) is 26.6 Å². The fourth-order valence-corrected chi connectivity index (χ4v) is 4.22. The van der Waals surface area contributed by atoms with E-state index in [9.17, 15) is 0 Å². The second-order valence-electron chi connectivity index (χ2n) is 5.80.